The lowest BCUT2D eigenvalue weighted by Gasteiger charge is -2.05. The van der Waals surface area contributed by atoms with Crippen LogP contribution in [-0.2, 0) is 6.42 Å². The maximum absolute atomic E-state index is 12.1. The number of carbonyl (C=O) groups excluding carboxylic acids is 1. The molecular formula is C12H15FO. The second kappa shape index (κ2) is 4.89. The fourth-order valence-corrected chi connectivity index (χ4v) is 1.42. The summed E-state index contributed by atoms with van der Waals surface area (Å²) in [6.45, 7) is 3.32. The van der Waals surface area contributed by atoms with Crippen LogP contribution in [0.4, 0.5) is 4.39 Å². The zero-order valence-corrected chi connectivity index (χ0v) is 8.59. The molecule has 0 heterocycles. The van der Waals surface area contributed by atoms with Gasteiger partial charge in [0.25, 0.3) is 0 Å². The molecule has 1 rings (SSSR count). The molecule has 1 nitrogen and oxygen atoms in total. The van der Waals surface area contributed by atoms with E-state index in [2.05, 4.69) is 13.8 Å². The zero-order chi connectivity index (χ0) is 10.6. The normalized spacial score (nSPS) is 10.6. The molecule has 1 aromatic rings. The molecule has 2 heteroatoms. The molecule has 1 aromatic carbocycles. The van der Waals surface area contributed by atoms with Crippen molar-refractivity contribution in [3.8, 4) is 0 Å². The number of benzene rings is 1. The summed E-state index contributed by atoms with van der Waals surface area (Å²) in [6, 6.07) is 7.21. The minimum Gasteiger partial charge on any atom is -0.291 e. The summed E-state index contributed by atoms with van der Waals surface area (Å²) in [6.07, 6.45) is 0.924. The maximum Gasteiger partial charge on any atom is 0.193 e. The van der Waals surface area contributed by atoms with E-state index in [4.69, 9.17) is 0 Å². The monoisotopic (exact) mass is 194 g/mol. The van der Waals surface area contributed by atoms with E-state index >= 15 is 0 Å². The van der Waals surface area contributed by atoms with Gasteiger partial charge in [-0.1, -0.05) is 32.0 Å². The molecule has 0 aromatic heterocycles. The van der Waals surface area contributed by atoms with Crippen LogP contribution in [0.25, 0.3) is 0 Å². The lowest BCUT2D eigenvalue weighted by molar-refractivity contribution is 0.0958. The smallest absolute Gasteiger partial charge is 0.193 e. The second-order valence-corrected chi connectivity index (χ2v) is 3.86. The first-order chi connectivity index (χ1) is 6.63. The highest BCUT2D eigenvalue weighted by atomic mass is 19.1. The van der Waals surface area contributed by atoms with Crippen LogP contribution in [0.3, 0.4) is 0 Å². The van der Waals surface area contributed by atoms with Gasteiger partial charge >= 0.3 is 0 Å². The topological polar surface area (TPSA) is 17.1 Å². The number of hydrogen-bond donors (Lipinski definition) is 0. The van der Waals surface area contributed by atoms with Gasteiger partial charge in [-0.25, -0.2) is 4.39 Å². The van der Waals surface area contributed by atoms with E-state index in [9.17, 15) is 9.18 Å². The Labute approximate surface area is 83.9 Å². The first kappa shape index (κ1) is 10.9. The van der Waals surface area contributed by atoms with Crippen LogP contribution in [-0.4, -0.2) is 12.5 Å². The Bertz CT molecular complexity index is 318. The van der Waals surface area contributed by atoms with Gasteiger partial charge in [0.15, 0.2) is 12.5 Å². The number of Topliss-reactive ketones (excluding diaryl/α,β-unsaturated/α-hetero) is 1. The van der Waals surface area contributed by atoms with Crippen molar-refractivity contribution in [2.24, 2.45) is 5.92 Å². The Balaban J connectivity index is 2.84. The molecule has 0 radical (unpaired) electrons. The van der Waals surface area contributed by atoms with Crippen molar-refractivity contribution in [2.45, 2.75) is 20.3 Å². The van der Waals surface area contributed by atoms with E-state index in [0.717, 1.165) is 12.0 Å². The highest BCUT2D eigenvalue weighted by Crippen LogP contribution is 2.11. The van der Waals surface area contributed by atoms with Crippen LogP contribution in [0.2, 0.25) is 0 Å². The summed E-state index contributed by atoms with van der Waals surface area (Å²) in [7, 11) is 0. The van der Waals surface area contributed by atoms with Crippen LogP contribution in [0.1, 0.15) is 29.8 Å². The minimum absolute atomic E-state index is 0.435. The average molecular weight is 194 g/mol. The quantitative estimate of drug-likeness (QED) is 0.673. The third-order valence-electron chi connectivity index (χ3n) is 2.01. The summed E-state index contributed by atoms with van der Waals surface area (Å²) in [5.74, 6) is 0.112. The lowest BCUT2D eigenvalue weighted by atomic mass is 10.00. The number of rotatable bonds is 4. The van der Waals surface area contributed by atoms with E-state index < -0.39 is 12.5 Å². The Kier molecular flexibility index (Phi) is 3.81. The van der Waals surface area contributed by atoms with Gasteiger partial charge in [0.2, 0.25) is 0 Å². The molecule has 0 amide bonds. The van der Waals surface area contributed by atoms with Crippen molar-refractivity contribution in [1.82, 2.24) is 0 Å². The first-order valence-electron chi connectivity index (χ1n) is 4.81. The maximum atomic E-state index is 12.1. The SMILES string of the molecule is CC(C)Cc1cccc(C(=O)CF)c1. The van der Waals surface area contributed by atoms with Gasteiger partial charge in [0.1, 0.15) is 0 Å². The van der Waals surface area contributed by atoms with Crippen LogP contribution < -0.4 is 0 Å². The lowest BCUT2D eigenvalue weighted by Crippen LogP contribution is -2.02. The van der Waals surface area contributed by atoms with Crippen LogP contribution in [0, 0.1) is 5.92 Å². The van der Waals surface area contributed by atoms with Crippen molar-refractivity contribution < 1.29 is 9.18 Å². The van der Waals surface area contributed by atoms with Crippen LogP contribution in [0.15, 0.2) is 24.3 Å². The molecule has 0 atom stereocenters. The Morgan fingerprint density at radius 1 is 1.43 bits per heavy atom. The van der Waals surface area contributed by atoms with E-state index in [0.29, 0.717) is 11.5 Å². The molecule has 0 fully saturated rings. The third-order valence-corrected chi connectivity index (χ3v) is 2.01. The summed E-state index contributed by atoms with van der Waals surface area (Å²) >= 11 is 0. The molecule has 0 bridgehead atoms. The molecule has 14 heavy (non-hydrogen) atoms. The molecule has 0 spiro atoms. The van der Waals surface area contributed by atoms with Crippen molar-refractivity contribution >= 4 is 5.78 Å². The van der Waals surface area contributed by atoms with Gasteiger partial charge in [-0.15, -0.1) is 0 Å². The van der Waals surface area contributed by atoms with Crippen molar-refractivity contribution in [2.75, 3.05) is 6.67 Å². The highest BCUT2D eigenvalue weighted by Gasteiger charge is 2.05. The van der Waals surface area contributed by atoms with Crippen molar-refractivity contribution in [3.63, 3.8) is 0 Å². The molecule has 0 unspecified atom stereocenters. The second-order valence-electron chi connectivity index (χ2n) is 3.86. The Morgan fingerprint density at radius 3 is 2.71 bits per heavy atom. The number of hydrogen-bond acceptors (Lipinski definition) is 1. The largest absolute Gasteiger partial charge is 0.291 e. The Hall–Kier alpha value is -1.18. The van der Waals surface area contributed by atoms with Gasteiger partial charge in [0.05, 0.1) is 0 Å². The van der Waals surface area contributed by atoms with E-state index in [-0.39, 0.29) is 0 Å². The summed E-state index contributed by atoms with van der Waals surface area (Å²) < 4.78 is 12.1. The number of ketones is 1. The van der Waals surface area contributed by atoms with Crippen molar-refractivity contribution in [1.29, 1.82) is 0 Å². The van der Waals surface area contributed by atoms with Gasteiger partial charge in [-0.3, -0.25) is 4.79 Å². The molecule has 76 valence electrons. The van der Waals surface area contributed by atoms with Crippen LogP contribution >= 0.6 is 0 Å². The van der Waals surface area contributed by atoms with Crippen molar-refractivity contribution in [3.05, 3.63) is 35.4 Å². The van der Waals surface area contributed by atoms with E-state index in [1.807, 2.05) is 6.07 Å². The zero-order valence-electron chi connectivity index (χ0n) is 8.59. The molecule has 0 saturated carbocycles. The van der Waals surface area contributed by atoms with Crippen LogP contribution in [0.5, 0.6) is 0 Å². The van der Waals surface area contributed by atoms with Gasteiger partial charge < -0.3 is 0 Å². The molecule has 0 aliphatic carbocycles. The van der Waals surface area contributed by atoms with E-state index in [1.165, 1.54) is 0 Å². The highest BCUT2D eigenvalue weighted by molar-refractivity contribution is 5.97. The number of halogens is 1. The molecule has 0 aliphatic rings. The molecular weight excluding hydrogens is 179 g/mol. The van der Waals surface area contributed by atoms with E-state index in [1.54, 1.807) is 18.2 Å². The van der Waals surface area contributed by atoms with Gasteiger partial charge in [0, 0.05) is 5.56 Å². The molecule has 0 aliphatic heterocycles. The van der Waals surface area contributed by atoms with Gasteiger partial charge in [-0.05, 0) is 24.0 Å². The predicted octanol–water partition coefficient (Wildman–Crippen LogP) is 3.04. The third kappa shape index (κ3) is 2.95. The number of carbonyl (C=O) groups is 1. The number of alkyl halides is 1. The first-order valence-corrected chi connectivity index (χ1v) is 4.81. The summed E-state index contributed by atoms with van der Waals surface area (Å²) in [5, 5.41) is 0. The predicted molar refractivity (Wildman–Crippen MR) is 55.3 cm³/mol. The minimum atomic E-state index is -0.912. The Morgan fingerprint density at radius 2 is 2.14 bits per heavy atom. The molecule has 0 saturated heterocycles. The van der Waals surface area contributed by atoms with Gasteiger partial charge in [-0.2, -0.15) is 0 Å². The molecule has 0 N–H and O–H groups in total. The average Bonchev–Trinajstić information content (AvgIpc) is 2.16. The fraction of sp³-hybridized carbons (Fsp3) is 0.417. The fourth-order valence-electron chi connectivity index (χ4n) is 1.42. The summed E-state index contributed by atoms with van der Waals surface area (Å²) in [4.78, 5) is 11.1. The summed E-state index contributed by atoms with van der Waals surface area (Å²) in [5.41, 5.74) is 1.57. The standard InChI is InChI=1S/C12H15FO/c1-9(2)6-10-4-3-5-11(7-10)12(14)8-13/h3-5,7,9H,6,8H2,1-2H3.